The van der Waals surface area contributed by atoms with Crippen LogP contribution in [0.25, 0.3) is 0 Å². The Morgan fingerprint density at radius 2 is 2.20 bits per heavy atom. The first-order valence-corrected chi connectivity index (χ1v) is 7.26. The summed E-state index contributed by atoms with van der Waals surface area (Å²) < 4.78 is 2.83. The highest BCUT2D eigenvalue weighted by Gasteiger charge is 2.07. The molecule has 2 rings (SSSR count). The Morgan fingerprint density at radius 1 is 1.40 bits per heavy atom. The van der Waals surface area contributed by atoms with Crippen LogP contribution in [0.3, 0.4) is 0 Å². The lowest BCUT2D eigenvalue weighted by Crippen LogP contribution is -2.18. The Labute approximate surface area is 127 Å². The molecule has 4 nitrogen and oxygen atoms in total. The first-order valence-electron chi connectivity index (χ1n) is 6.47. The quantitative estimate of drug-likeness (QED) is 0.881. The van der Waals surface area contributed by atoms with Crippen LogP contribution in [0.2, 0.25) is 0 Å². The van der Waals surface area contributed by atoms with Crippen LogP contribution in [0.4, 0.5) is 5.69 Å². The third-order valence-electron chi connectivity index (χ3n) is 3.14. The molecule has 0 fully saturated rings. The van der Waals surface area contributed by atoms with E-state index in [2.05, 4.69) is 33.5 Å². The van der Waals surface area contributed by atoms with Crippen LogP contribution >= 0.6 is 15.9 Å². The van der Waals surface area contributed by atoms with Gasteiger partial charge in [-0.2, -0.15) is 0 Å². The van der Waals surface area contributed by atoms with Gasteiger partial charge in [-0.15, -0.1) is 0 Å². The van der Waals surface area contributed by atoms with Crippen LogP contribution in [-0.4, -0.2) is 17.5 Å². The first kappa shape index (κ1) is 14.8. The molecule has 0 spiro atoms. The second-order valence-corrected chi connectivity index (χ2v) is 5.60. The van der Waals surface area contributed by atoms with Crippen LogP contribution in [-0.2, 0) is 11.3 Å². The molecule has 0 radical (unpaired) electrons. The summed E-state index contributed by atoms with van der Waals surface area (Å²) in [7, 11) is 1.92. The standard InChI is InChI=1S/C15H18BrN3O/c1-11(17-2)12-6-7-19(9-12)10-15(20)18-14-5-3-4-13(16)8-14/h3-9,11,17H,10H2,1-2H3,(H,18,20). The normalized spacial score (nSPS) is 12.2. The summed E-state index contributed by atoms with van der Waals surface area (Å²) in [5.41, 5.74) is 1.96. The van der Waals surface area contributed by atoms with Gasteiger partial charge in [0, 0.05) is 28.6 Å². The fourth-order valence-corrected chi connectivity index (χ4v) is 2.31. The van der Waals surface area contributed by atoms with Crippen molar-refractivity contribution in [3.05, 3.63) is 52.8 Å². The first-order chi connectivity index (χ1) is 9.58. The van der Waals surface area contributed by atoms with Crippen molar-refractivity contribution in [1.29, 1.82) is 0 Å². The summed E-state index contributed by atoms with van der Waals surface area (Å²) in [6, 6.07) is 9.86. The monoisotopic (exact) mass is 335 g/mol. The number of rotatable bonds is 5. The number of anilines is 1. The molecule has 1 aromatic carbocycles. The van der Waals surface area contributed by atoms with E-state index in [0.29, 0.717) is 6.54 Å². The number of nitrogens with one attached hydrogen (secondary N) is 2. The molecule has 2 aromatic rings. The largest absolute Gasteiger partial charge is 0.345 e. The number of nitrogens with zero attached hydrogens (tertiary/aromatic N) is 1. The maximum absolute atomic E-state index is 12.0. The Morgan fingerprint density at radius 3 is 2.90 bits per heavy atom. The van der Waals surface area contributed by atoms with Crippen LogP contribution < -0.4 is 10.6 Å². The minimum Gasteiger partial charge on any atom is -0.345 e. The Kier molecular flexibility index (Phi) is 4.98. The summed E-state index contributed by atoms with van der Waals surface area (Å²) >= 11 is 3.38. The zero-order valence-corrected chi connectivity index (χ0v) is 13.1. The van der Waals surface area contributed by atoms with Crippen LogP contribution in [0, 0.1) is 0 Å². The van der Waals surface area contributed by atoms with E-state index in [1.165, 1.54) is 5.56 Å². The smallest absolute Gasteiger partial charge is 0.244 e. The van der Waals surface area contributed by atoms with Gasteiger partial charge < -0.3 is 15.2 Å². The number of carbonyl (C=O) groups excluding carboxylic acids is 1. The zero-order chi connectivity index (χ0) is 14.5. The second-order valence-electron chi connectivity index (χ2n) is 4.69. The van der Waals surface area contributed by atoms with Gasteiger partial charge in [0.1, 0.15) is 6.54 Å². The van der Waals surface area contributed by atoms with Crippen LogP contribution in [0.5, 0.6) is 0 Å². The summed E-state index contributed by atoms with van der Waals surface area (Å²) in [6.07, 6.45) is 3.91. The number of benzene rings is 1. The number of hydrogen-bond donors (Lipinski definition) is 2. The fraction of sp³-hybridized carbons (Fsp3) is 0.267. The molecule has 0 bridgehead atoms. The third-order valence-corrected chi connectivity index (χ3v) is 3.63. The highest BCUT2D eigenvalue weighted by atomic mass is 79.9. The molecular formula is C15H18BrN3O. The lowest BCUT2D eigenvalue weighted by atomic mass is 10.2. The maximum Gasteiger partial charge on any atom is 0.244 e. The number of aromatic nitrogens is 1. The van der Waals surface area contributed by atoms with Crippen molar-refractivity contribution < 1.29 is 4.79 Å². The number of hydrogen-bond acceptors (Lipinski definition) is 2. The Balaban J connectivity index is 1.96. The van der Waals surface area contributed by atoms with E-state index in [1.807, 2.05) is 54.3 Å². The van der Waals surface area contributed by atoms with Gasteiger partial charge in [-0.25, -0.2) is 0 Å². The Hall–Kier alpha value is -1.59. The topological polar surface area (TPSA) is 46.1 Å². The lowest BCUT2D eigenvalue weighted by molar-refractivity contribution is -0.116. The maximum atomic E-state index is 12.0. The van der Waals surface area contributed by atoms with Crippen molar-refractivity contribution in [2.45, 2.75) is 19.5 Å². The Bertz CT molecular complexity index is 594. The van der Waals surface area contributed by atoms with Crippen molar-refractivity contribution >= 4 is 27.5 Å². The van der Waals surface area contributed by atoms with Gasteiger partial charge in [0.15, 0.2) is 0 Å². The minimum absolute atomic E-state index is 0.0395. The van der Waals surface area contributed by atoms with E-state index in [4.69, 9.17) is 0 Å². The number of amides is 1. The molecule has 1 amide bonds. The van der Waals surface area contributed by atoms with Crippen molar-refractivity contribution in [1.82, 2.24) is 9.88 Å². The van der Waals surface area contributed by atoms with Crippen molar-refractivity contribution in [3.8, 4) is 0 Å². The van der Waals surface area contributed by atoms with Crippen molar-refractivity contribution in [2.75, 3.05) is 12.4 Å². The summed E-state index contributed by atoms with van der Waals surface area (Å²) in [6.45, 7) is 2.39. The van der Waals surface area contributed by atoms with Gasteiger partial charge in [-0.05, 0) is 43.8 Å². The van der Waals surface area contributed by atoms with E-state index >= 15 is 0 Å². The van der Waals surface area contributed by atoms with Crippen molar-refractivity contribution in [2.24, 2.45) is 0 Å². The third kappa shape index (κ3) is 3.95. The highest BCUT2D eigenvalue weighted by molar-refractivity contribution is 9.10. The van der Waals surface area contributed by atoms with Gasteiger partial charge in [0.2, 0.25) is 5.91 Å². The molecule has 1 unspecified atom stereocenters. The van der Waals surface area contributed by atoms with E-state index in [1.54, 1.807) is 0 Å². The van der Waals surface area contributed by atoms with Crippen LogP contribution in [0.15, 0.2) is 47.2 Å². The van der Waals surface area contributed by atoms with Gasteiger partial charge in [0.25, 0.3) is 0 Å². The number of halogens is 1. The molecular weight excluding hydrogens is 318 g/mol. The van der Waals surface area contributed by atoms with E-state index in [9.17, 15) is 4.79 Å². The average molecular weight is 336 g/mol. The van der Waals surface area contributed by atoms with Gasteiger partial charge in [0.05, 0.1) is 0 Å². The highest BCUT2D eigenvalue weighted by Crippen LogP contribution is 2.16. The average Bonchev–Trinajstić information content (AvgIpc) is 2.86. The molecule has 20 heavy (non-hydrogen) atoms. The van der Waals surface area contributed by atoms with E-state index in [0.717, 1.165) is 10.2 Å². The molecule has 5 heteroatoms. The molecule has 1 aromatic heterocycles. The zero-order valence-electron chi connectivity index (χ0n) is 11.6. The molecule has 0 saturated carbocycles. The molecule has 106 valence electrons. The molecule has 0 aliphatic heterocycles. The van der Waals surface area contributed by atoms with Crippen molar-refractivity contribution in [3.63, 3.8) is 0 Å². The van der Waals surface area contributed by atoms with E-state index < -0.39 is 0 Å². The molecule has 1 heterocycles. The lowest BCUT2D eigenvalue weighted by Gasteiger charge is -2.08. The van der Waals surface area contributed by atoms with Gasteiger partial charge in [-0.3, -0.25) is 4.79 Å². The summed E-state index contributed by atoms with van der Waals surface area (Å²) in [5.74, 6) is -0.0395. The molecule has 2 N–H and O–H groups in total. The second kappa shape index (κ2) is 6.72. The summed E-state index contributed by atoms with van der Waals surface area (Å²) in [4.78, 5) is 12.0. The van der Waals surface area contributed by atoms with Gasteiger partial charge in [-0.1, -0.05) is 22.0 Å². The molecule has 0 aliphatic carbocycles. The molecule has 0 saturated heterocycles. The minimum atomic E-state index is -0.0395. The summed E-state index contributed by atoms with van der Waals surface area (Å²) in [5, 5.41) is 6.05. The van der Waals surface area contributed by atoms with E-state index in [-0.39, 0.29) is 11.9 Å². The van der Waals surface area contributed by atoms with Gasteiger partial charge >= 0.3 is 0 Å². The molecule has 1 atom stereocenters. The number of carbonyl (C=O) groups is 1. The predicted octanol–water partition coefficient (Wildman–Crippen LogP) is 3.17. The predicted molar refractivity (Wildman–Crippen MR) is 84.7 cm³/mol. The van der Waals surface area contributed by atoms with Crippen LogP contribution in [0.1, 0.15) is 18.5 Å². The fourth-order valence-electron chi connectivity index (χ4n) is 1.91. The SMILES string of the molecule is CNC(C)c1ccn(CC(=O)Nc2cccc(Br)c2)c1. The molecule has 0 aliphatic rings.